The lowest BCUT2D eigenvalue weighted by Gasteiger charge is -2.17. The van der Waals surface area contributed by atoms with Crippen LogP contribution in [0.1, 0.15) is 16.1 Å². The normalized spacial score (nSPS) is 10.2. The Balaban J connectivity index is 2.36. The van der Waals surface area contributed by atoms with Gasteiger partial charge in [0.15, 0.2) is 5.43 Å². The Bertz CT molecular complexity index is 676. The summed E-state index contributed by atoms with van der Waals surface area (Å²) in [6.07, 6.45) is 1.40. The Morgan fingerprint density at radius 2 is 2.05 bits per heavy atom. The fourth-order valence-electron chi connectivity index (χ4n) is 1.74. The third kappa shape index (κ3) is 2.65. The topological polar surface area (TPSA) is 73.4 Å². The zero-order valence-electron chi connectivity index (χ0n) is 10.7. The highest BCUT2D eigenvalue weighted by Gasteiger charge is 2.16. The smallest absolute Gasteiger partial charge is 0.263 e. The Morgan fingerprint density at radius 3 is 2.68 bits per heavy atom. The molecule has 1 heterocycles. The molecular formula is C14H14N2O3. The van der Waals surface area contributed by atoms with Gasteiger partial charge >= 0.3 is 0 Å². The van der Waals surface area contributed by atoms with Crippen molar-refractivity contribution in [3.05, 3.63) is 58.0 Å². The van der Waals surface area contributed by atoms with Crippen LogP contribution < -0.4 is 10.3 Å². The molecule has 0 atom stereocenters. The molecule has 0 aliphatic carbocycles. The van der Waals surface area contributed by atoms with Crippen LogP contribution in [0.5, 0.6) is 5.75 Å². The summed E-state index contributed by atoms with van der Waals surface area (Å²) in [6, 6.07) is 7.66. The Kier molecular flexibility index (Phi) is 3.37. The lowest BCUT2D eigenvalue weighted by atomic mass is 10.2. The lowest BCUT2D eigenvalue weighted by Crippen LogP contribution is -2.30. The number of carbonyl (C=O) groups excluding carboxylic acids is 1. The summed E-state index contributed by atoms with van der Waals surface area (Å²) >= 11 is 0. The minimum Gasteiger partial charge on any atom is -0.508 e. The third-order valence-corrected chi connectivity index (χ3v) is 2.81. The number of pyridine rings is 1. The molecule has 1 aromatic heterocycles. The molecule has 0 aliphatic rings. The van der Waals surface area contributed by atoms with Crippen molar-refractivity contribution in [2.24, 2.45) is 0 Å². The Morgan fingerprint density at radius 1 is 1.32 bits per heavy atom. The van der Waals surface area contributed by atoms with E-state index in [-0.39, 0.29) is 16.7 Å². The molecule has 98 valence electrons. The van der Waals surface area contributed by atoms with Gasteiger partial charge in [-0.05, 0) is 19.1 Å². The van der Waals surface area contributed by atoms with Gasteiger partial charge in [0.2, 0.25) is 0 Å². The van der Waals surface area contributed by atoms with Gasteiger partial charge in [-0.3, -0.25) is 9.59 Å². The summed E-state index contributed by atoms with van der Waals surface area (Å²) in [5.74, 6) is -0.359. The first-order valence-corrected chi connectivity index (χ1v) is 5.75. The standard InChI is InChI=1S/C14H14N2O3/c1-9-6-13(18)12(8-15-9)14(19)16(2)10-4-3-5-11(17)7-10/h3-8,17H,1-2H3,(H,15,18). The van der Waals surface area contributed by atoms with E-state index in [0.717, 1.165) is 0 Å². The van der Waals surface area contributed by atoms with Gasteiger partial charge in [0.05, 0.1) is 0 Å². The minimum atomic E-state index is -0.424. The quantitative estimate of drug-likeness (QED) is 0.860. The number of nitrogens with one attached hydrogen (secondary N) is 1. The van der Waals surface area contributed by atoms with Crippen molar-refractivity contribution in [3.63, 3.8) is 0 Å². The zero-order chi connectivity index (χ0) is 14.0. The SMILES string of the molecule is Cc1cc(=O)c(C(=O)N(C)c2cccc(O)c2)c[nH]1. The highest BCUT2D eigenvalue weighted by Crippen LogP contribution is 2.19. The lowest BCUT2D eigenvalue weighted by molar-refractivity contribution is 0.0991. The van der Waals surface area contributed by atoms with E-state index in [1.165, 1.54) is 29.3 Å². The largest absolute Gasteiger partial charge is 0.508 e. The van der Waals surface area contributed by atoms with Crippen LogP contribution in [0, 0.1) is 6.92 Å². The molecule has 2 rings (SSSR count). The highest BCUT2D eigenvalue weighted by atomic mass is 16.3. The van der Waals surface area contributed by atoms with E-state index in [4.69, 9.17) is 0 Å². The molecule has 0 bridgehead atoms. The van der Waals surface area contributed by atoms with Crippen LogP contribution in [0.15, 0.2) is 41.3 Å². The maximum atomic E-state index is 12.2. The molecule has 2 aromatic rings. The molecule has 0 aliphatic heterocycles. The number of amides is 1. The molecule has 5 nitrogen and oxygen atoms in total. The molecule has 1 aromatic carbocycles. The predicted octanol–water partition coefficient (Wildman–Crippen LogP) is 1.67. The number of benzene rings is 1. The molecular weight excluding hydrogens is 244 g/mol. The molecule has 2 N–H and O–H groups in total. The van der Waals surface area contributed by atoms with Crippen molar-refractivity contribution in [3.8, 4) is 5.75 Å². The second kappa shape index (κ2) is 4.97. The average Bonchev–Trinajstić information content (AvgIpc) is 2.37. The predicted molar refractivity (Wildman–Crippen MR) is 72.6 cm³/mol. The van der Waals surface area contributed by atoms with Gasteiger partial charge in [-0.25, -0.2) is 0 Å². The molecule has 0 unspecified atom stereocenters. The fraction of sp³-hybridized carbons (Fsp3) is 0.143. The van der Waals surface area contributed by atoms with Gasteiger partial charge in [0.1, 0.15) is 11.3 Å². The molecule has 1 amide bonds. The van der Waals surface area contributed by atoms with Gasteiger partial charge in [-0.2, -0.15) is 0 Å². The number of nitrogens with zero attached hydrogens (tertiary/aromatic N) is 1. The van der Waals surface area contributed by atoms with Crippen molar-refractivity contribution >= 4 is 11.6 Å². The van der Waals surface area contributed by atoms with Crippen molar-refractivity contribution < 1.29 is 9.90 Å². The number of aromatic amines is 1. The number of aryl methyl sites for hydroxylation is 1. The summed E-state index contributed by atoms with van der Waals surface area (Å²) < 4.78 is 0. The van der Waals surface area contributed by atoms with Crippen molar-refractivity contribution in [1.82, 2.24) is 4.98 Å². The minimum absolute atomic E-state index is 0.0648. The summed E-state index contributed by atoms with van der Waals surface area (Å²) in [5, 5.41) is 9.40. The van der Waals surface area contributed by atoms with E-state index in [0.29, 0.717) is 11.4 Å². The fourth-order valence-corrected chi connectivity index (χ4v) is 1.74. The number of rotatable bonds is 2. The van der Waals surface area contributed by atoms with Crippen LogP contribution in [0.2, 0.25) is 0 Å². The van der Waals surface area contributed by atoms with E-state index < -0.39 is 5.91 Å². The number of hydrogen-bond acceptors (Lipinski definition) is 3. The molecule has 0 saturated heterocycles. The summed E-state index contributed by atoms with van der Waals surface area (Å²) in [5.41, 5.74) is 0.955. The Labute approximate surface area is 110 Å². The van der Waals surface area contributed by atoms with E-state index in [1.54, 1.807) is 26.1 Å². The zero-order valence-corrected chi connectivity index (χ0v) is 10.7. The number of carbonyl (C=O) groups is 1. The number of aromatic hydroxyl groups is 1. The van der Waals surface area contributed by atoms with Gasteiger partial charge in [-0.15, -0.1) is 0 Å². The van der Waals surface area contributed by atoms with Gasteiger partial charge in [-0.1, -0.05) is 6.07 Å². The second-order valence-electron chi connectivity index (χ2n) is 4.28. The van der Waals surface area contributed by atoms with E-state index in [9.17, 15) is 14.7 Å². The number of H-pyrrole nitrogens is 1. The third-order valence-electron chi connectivity index (χ3n) is 2.81. The van der Waals surface area contributed by atoms with Crippen LogP contribution in [-0.2, 0) is 0 Å². The van der Waals surface area contributed by atoms with Gasteiger partial charge in [0.25, 0.3) is 5.91 Å². The number of phenolic OH excluding ortho intramolecular Hbond substituents is 1. The van der Waals surface area contributed by atoms with E-state index >= 15 is 0 Å². The molecule has 0 saturated carbocycles. The van der Waals surface area contributed by atoms with Gasteiger partial charge in [0, 0.05) is 36.8 Å². The Hall–Kier alpha value is -2.56. The average molecular weight is 258 g/mol. The summed E-state index contributed by atoms with van der Waals surface area (Å²) in [6.45, 7) is 1.74. The molecule has 0 fully saturated rings. The van der Waals surface area contributed by atoms with Crippen LogP contribution >= 0.6 is 0 Å². The summed E-state index contributed by atoms with van der Waals surface area (Å²) in [4.78, 5) is 28.1. The van der Waals surface area contributed by atoms with Gasteiger partial charge < -0.3 is 15.0 Å². The highest BCUT2D eigenvalue weighted by molar-refractivity contribution is 6.05. The molecule has 0 radical (unpaired) electrons. The van der Waals surface area contributed by atoms with Crippen LogP contribution in [0.4, 0.5) is 5.69 Å². The first-order chi connectivity index (χ1) is 8.99. The second-order valence-corrected chi connectivity index (χ2v) is 4.28. The number of phenols is 1. The van der Waals surface area contributed by atoms with Crippen LogP contribution in [0.25, 0.3) is 0 Å². The first-order valence-electron chi connectivity index (χ1n) is 5.75. The number of anilines is 1. The number of hydrogen-bond donors (Lipinski definition) is 2. The molecule has 19 heavy (non-hydrogen) atoms. The van der Waals surface area contributed by atoms with Crippen LogP contribution in [-0.4, -0.2) is 23.0 Å². The maximum absolute atomic E-state index is 12.2. The van der Waals surface area contributed by atoms with Crippen molar-refractivity contribution in [2.75, 3.05) is 11.9 Å². The molecule has 5 heteroatoms. The van der Waals surface area contributed by atoms with E-state index in [2.05, 4.69) is 4.98 Å². The van der Waals surface area contributed by atoms with Crippen molar-refractivity contribution in [2.45, 2.75) is 6.92 Å². The van der Waals surface area contributed by atoms with E-state index in [1.807, 2.05) is 0 Å². The van der Waals surface area contributed by atoms with Crippen molar-refractivity contribution in [1.29, 1.82) is 0 Å². The number of aromatic nitrogens is 1. The summed E-state index contributed by atoms with van der Waals surface area (Å²) in [7, 11) is 1.55. The molecule has 0 spiro atoms. The van der Waals surface area contributed by atoms with Crippen LogP contribution in [0.3, 0.4) is 0 Å². The monoisotopic (exact) mass is 258 g/mol. The maximum Gasteiger partial charge on any atom is 0.263 e. The first kappa shape index (κ1) is 12.9.